The molecular weight excluding hydrogens is 214 g/mol. The molecule has 1 aromatic rings. The molecule has 2 rings (SSSR count). The SMILES string of the molecule is COc1cccc(C=NCC2C=CC=C2)c1O. The number of phenols is 1. The second-order valence-electron chi connectivity index (χ2n) is 3.83. The lowest BCUT2D eigenvalue weighted by Crippen LogP contribution is -1.95. The Morgan fingerprint density at radius 1 is 1.35 bits per heavy atom. The molecule has 1 aliphatic carbocycles. The van der Waals surface area contributed by atoms with Crippen LogP contribution in [0.4, 0.5) is 0 Å². The number of hydrogen-bond donors (Lipinski definition) is 1. The first-order chi connectivity index (χ1) is 8.31. The van der Waals surface area contributed by atoms with E-state index in [2.05, 4.69) is 17.1 Å². The maximum atomic E-state index is 9.84. The summed E-state index contributed by atoms with van der Waals surface area (Å²) in [5.41, 5.74) is 0.676. The predicted molar refractivity (Wildman–Crippen MR) is 68.9 cm³/mol. The van der Waals surface area contributed by atoms with Crippen LogP contribution in [0.5, 0.6) is 11.5 Å². The molecule has 0 spiro atoms. The molecule has 1 N–H and O–H groups in total. The molecule has 0 aromatic heterocycles. The van der Waals surface area contributed by atoms with Crippen LogP contribution in [0.2, 0.25) is 0 Å². The molecule has 0 amide bonds. The zero-order valence-electron chi connectivity index (χ0n) is 9.71. The molecule has 3 nitrogen and oxygen atoms in total. The summed E-state index contributed by atoms with van der Waals surface area (Å²) in [7, 11) is 1.53. The van der Waals surface area contributed by atoms with Crippen molar-refractivity contribution < 1.29 is 9.84 Å². The fourth-order valence-electron chi connectivity index (χ4n) is 1.68. The average Bonchev–Trinajstić information content (AvgIpc) is 2.84. The molecule has 88 valence electrons. The van der Waals surface area contributed by atoms with Crippen LogP contribution in [0.3, 0.4) is 0 Å². The first kappa shape index (κ1) is 11.5. The third-order valence-electron chi connectivity index (χ3n) is 2.62. The standard InChI is InChI=1S/C14H15NO2/c1-17-13-8-4-7-12(14(13)16)10-15-9-11-5-2-3-6-11/h2-8,10-11,16H,9H2,1H3. The number of ether oxygens (including phenoxy) is 1. The molecule has 0 bridgehead atoms. The highest BCUT2D eigenvalue weighted by Crippen LogP contribution is 2.28. The van der Waals surface area contributed by atoms with E-state index < -0.39 is 0 Å². The number of aliphatic imine (C=N–C) groups is 1. The van der Waals surface area contributed by atoms with Gasteiger partial charge in [-0.1, -0.05) is 30.4 Å². The largest absolute Gasteiger partial charge is 0.504 e. The number of benzene rings is 1. The van der Waals surface area contributed by atoms with Crippen molar-refractivity contribution in [3.05, 3.63) is 48.1 Å². The third kappa shape index (κ3) is 2.75. The van der Waals surface area contributed by atoms with E-state index in [1.165, 1.54) is 7.11 Å². The highest BCUT2D eigenvalue weighted by molar-refractivity contribution is 5.84. The molecule has 0 saturated heterocycles. The first-order valence-corrected chi connectivity index (χ1v) is 5.52. The van der Waals surface area contributed by atoms with Crippen molar-refractivity contribution in [3.63, 3.8) is 0 Å². The van der Waals surface area contributed by atoms with Crippen molar-refractivity contribution in [1.29, 1.82) is 0 Å². The van der Waals surface area contributed by atoms with E-state index in [1.807, 2.05) is 24.3 Å². The van der Waals surface area contributed by atoms with Crippen molar-refractivity contribution in [2.24, 2.45) is 10.9 Å². The molecule has 0 unspecified atom stereocenters. The number of para-hydroxylation sites is 1. The Morgan fingerprint density at radius 2 is 2.12 bits per heavy atom. The molecule has 0 aliphatic heterocycles. The summed E-state index contributed by atoms with van der Waals surface area (Å²) in [5, 5.41) is 9.84. The highest BCUT2D eigenvalue weighted by Gasteiger charge is 2.05. The van der Waals surface area contributed by atoms with Crippen LogP contribution in [0.25, 0.3) is 0 Å². The molecule has 0 atom stereocenters. The van der Waals surface area contributed by atoms with Crippen molar-refractivity contribution in [3.8, 4) is 11.5 Å². The average molecular weight is 229 g/mol. The summed E-state index contributed by atoms with van der Waals surface area (Å²) in [6, 6.07) is 5.35. The van der Waals surface area contributed by atoms with Crippen molar-refractivity contribution in [1.82, 2.24) is 0 Å². The van der Waals surface area contributed by atoms with Crippen LogP contribution in [0.15, 0.2) is 47.5 Å². The highest BCUT2D eigenvalue weighted by atomic mass is 16.5. The number of rotatable bonds is 4. The van der Waals surface area contributed by atoms with Gasteiger partial charge in [-0.3, -0.25) is 4.99 Å². The minimum atomic E-state index is 0.135. The summed E-state index contributed by atoms with van der Waals surface area (Å²) < 4.78 is 5.03. The Hall–Kier alpha value is -2.03. The predicted octanol–water partition coefficient (Wildman–Crippen LogP) is 2.56. The molecule has 3 heteroatoms. The number of nitrogens with zero attached hydrogens (tertiary/aromatic N) is 1. The van der Waals surface area contributed by atoms with E-state index in [0.717, 1.165) is 0 Å². The van der Waals surface area contributed by atoms with Gasteiger partial charge in [0.25, 0.3) is 0 Å². The molecule has 1 aromatic carbocycles. The number of hydrogen-bond acceptors (Lipinski definition) is 3. The summed E-state index contributed by atoms with van der Waals surface area (Å²) in [4.78, 5) is 4.32. The zero-order chi connectivity index (χ0) is 12.1. The smallest absolute Gasteiger partial charge is 0.166 e. The van der Waals surface area contributed by atoms with Gasteiger partial charge in [-0.05, 0) is 12.1 Å². The first-order valence-electron chi connectivity index (χ1n) is 5.52. The van der Waals surface area contributed by atoms with Gasteiger partial charge in [-0.15, -0.1) is 0 Å². The fraction of sp³-hybridized carbons (Fsp3) is 0.214. The van der Waals surface area contributed by atoms with Crippen molar-refractivity contribution in [2.75, 3.05) is 13.7 Å². The summed E-state index contributed by atoms with van der Waals surface area (Å²) in [5.74, 6) is 0.977. The van der Waals surface area contributed by atoms with E-state index >= 15 is 0 Å². The van der Waals surface area contributed by atoms with Crippen LogP contribution >= 0.6 is 0 Å². The Kier molecular flexibility index (Phi) is 3.60. The molecule has 0 radical (unpaired) electrons. The van der Waals surface area contributed by atoms with Gasteiger partial charge in [0.15, 0.2) is 11.5 Å². The number of methoxy groups -OCH3 is 1. The number of phenolic OH excluding ortho intramolecular Hbond substituents is 1. The number of aromatic hydroxyl groups is 1. The maximum absolute atomic E-state index is 9.84. The zero-order valence-corrected chi connectivity index (χ0v) is 9.71. The van der Waals surface area contributed by atoms with Crippen LogP contribution in [0, 0.1) is 5.92 Å². The Bertz CT molecular complexity index is 463. The normalized spacial score (nSPS) is 14.9. The van der Waals surface area contributed by atoms with Gasteiger partial charge in [0.1, 0.15) is 0 Å². The molecule has 0 heterocycles. The maximum Gasteiger partial charge on any atom is 0.166 e. The van der Waals surface area contributed by atoms with E-state index in [0.29, 0.717) is 23.8 Å². The quantitative estimate of drug-likeness (QED) is 0.806. The summed E-state index contributed by atoms with van der Waals surface area (Å²) in [6.07, 6.45) is 9.91. The summed E-state index contributed by atoms with van der Waals surface area (Å²) in [6.45, 7) is 0.698. The lowest BCUT2D eigenvalue weighted by atomic mass is 10.1. The van der Waals surface area contributed by atoms with Gasteiger partial charge in [-0.25, -0.2) is 0 Å². The van der Waals surface area contributed by atoms with Gasteiger partial charge in [0.2, 0.25) is 0 Å². The van der Waals surface area contributed by atoms with Gasteiger partial charge in [0.05, 0.1) is 7.11 Å². The van der Waals surface area contributed by atoms with E-state index in [-0.39, 0.29) is 5.75 Å². The lowest BCUT2D eigenvalue weighted by molar-refractivity contribution is 0.373. The Balaban J connectivity index is 2.05. The Labute approximate surface area is 101 Å². The second-order valence-corrected chi connectivity index (χ2v) is 3.83. The monoisotopic (exact) mass is 229 g/mol. The van der Waals surface area contributed by atoms with Crippen LogP contribution in [0.1, 0.15) is 5.56 Å². The lowest BCUT2D eigenvalue weighted by Gasteiger charge is -2.05. The van der Waals surface area contributed by atoms with Crippen LogP contribution in [-0.2, 0) is 0 Å². The van der Waals surface area contributed by atoms with Gasteiger partial charge >= 0.3 is 0 Å². The third-order valence-corrected chi connectivity index (χ3v) is 2.62. The molecule has 1 aliphatic rings. The molecular formula is C14H15NO2. The minimum Gasteiger partial charge on any atom is -0.504 e. The molecule has 0 saturated carbocycles. The second kappa shape index (κ2) is 5.34. The Morgan fingerprint density at radius 3 is 2.82 bits per heavy atom. The van der Waals surface area contributed by atoms with Crippen LogP contribution < -0.4 is 4.74 Å². The topological polar surface area (TPSA) is 41.8 Å². The van der Waals surface area contributed by atoms with Gasteiger partial charge < -0.3 is 9.84 Å². The van der Waals surface area contributed by atoms with Gasteiger partial charge in [-0.2, -0.15) is 0 Å². The fourth-order valence-corrected chi connectivity index (χ4v) is 1.68. The number of allylic oxidation sites excluding steroid dienone is 2. The van der Waals surface area contributed by atoms with Crippen LogP contribution in [-0.4, -0.2) is 25.0 Å². The van der Waals surface area contributed by atoms with E-state index in [9.17, 15) is 5.11 Å². The van der Waals surface area contributed by atoms with E-state index in [1.54, 1.807) is 12.3 Å². The van der Waals surface area contributed by atoms with E-state index in [4.69, 9.17) is 4.74 Å². The van der Waals surface area contributed by atoms with Gasteiger partial charge in [0, 0.05) is 24.2 Å². The van der Waals surface area contributed by atoms with Crippen molar-refractivity contribution in [2.45, 2.75) is 0 Å². The molecule has 0 fully saturated rings. The molecule has 17 heavy (non-hydrogen) atoms. The summed E-state index contributed by atoms with van der Waals surface area (Å²) >= 11 is 0. The minimum absolute atomic E-state index is 0.135. The van der Waals surface area contributed by atoms with Crippen molar-refractivity contribution >= 4 is 6.21 Å².